The molecular formula is C16H13NO3S. The molecule has 2 heterocycles. The molecule has 1 aromatic carbocycles. The zero-order valence-corrected chi connectivity index (χ0v) is 12.2. The number of nitrogens with zero attached hydrogens (tertiary/aromatic N) is 1. The van der Waals surface area contributed by atoms with Crippen LogP contribution in [0.1, 0.15) is 20.8 Å². The standard InChI is InChI=1S/C16H13NO3S/c1-20-16(19)13-9-15-12(7-8-21-15)17(13)10-14(18)11-5-3-2-4-6-11/h2-9H,10H2,1H3. The number of hydrogen-bond acceptors (Lipinski definition) is 4. The summed E-state index contributed by atoms with van der Waals surface area (Å²) in [6, 6.07) is 12.7. The molecule has 0 saturated heterocycles. The van der Waals surface area contributed by atoms with Crippen molar-refractivity contribution in [2.45, 2.75) is 6.54 Å². The van der Waals surface area contributed by atoms with Gasteiger partial charge in [-0.25, -0.2) is 4.79 Å². The van der Waals surface area contributed by atoms with Crippen LogP contribution >= 0.6 is 11.3 Å². The molecule has 2 aromatic heterocycles. The van der Waals surface area contributed by atoms with Crippen molar-refractivity contribution in [3.63, 3.8) is 0 Å². The smallest absolute Gasteiger partial charge is 0.354 e. The van der Waals surface area contributed by atoms with Gasteiger partial charge in [-0.2, -0.15) is 0 Å². The summed E-state index contributed by atoms with van der Waals surface area (Å²) in [5.74, 6) is -0.469. The molecule has 4 nitrogen and oxygen atoms in total. The first-order valence-corrected chi connectivity index (χ1v) is 7.32. The van der Waals surface area contributed by atoms with Crippen LogP contribution in [0.4, 0.5) is 0 Å². The third-order valence-electron chi connectivity index (χ3n) is 3.31. The van der Waals surface area contributed by atoms with Crippen molar-refractivity contribution in [2.75, 3.05) is 7.11 Å². The zero-order valence-electron chi connectivity index (χ0n) is 11.4. The highest BCUT2D eigenvalue weighted by Crippen LogP contribution is 2.26. The molecule has 0 unspecified atom stereocenters. The van der Waals surface area contributed by atoms with E-state index >= 15 is 0 Å². The maximum absolute atomic E-state index is 12.4. The van der Waals surface area contributed by atoms with Crippen molar-refractivity contribution < 1.29 is 14.3 Å². The number of esters is 1. The molecule has 0 N–H and O–H groups in total. The monoisotopic (exact) mass is 299 g/mol. The molecule has 0 saturated carbocycles. The number of hydrogen-bond donors (Lipinski definition) is 0. The summed E-state index contributed by atoms with van der Waals surface area (Å²) < 4.78 is 7.48. The average molecular weight is 299 g/mol. The molecule has 0 spiro atoms. The Kier molecular flexibility index (Phi) is 3.58. The van der Waals surface area contributed by atoms with Crippen LogP contribution in [0.3, 0.4) is 0 Å². The van der Waals surface area contributed by atoms with Gasteiger partial charge >= 0.3 is 5.97 Å². The highest BCUT2D eigenvalue weighted by molar-refractivity contribution is 7.17. The third kappa shape index (κ3) is 2.48. The van der Waals surface area contributed by atoms with Gasteiger partial charge in [0.25, 0.3) is 0 Å². The van der Waals surface area contributed by atoms with Gasteiger partial charge < -0.3 is 9.30 Å². The Morgan fingerprint density at radius 1 is 1.19 bits per heavy atom. The van der Waals surface area contributed by atoms with Crippen molar-refractivity contribution in [3.05, 3.63) is 59.1 Å². The van der Waals surface area contributed by atoms with Gasteiger partial charge in [0, 0.05) is 5.56 Å². The summed E-state index contributed by atoms with van der Waals surface area (Å²) >= 11 is 1.53. The van der Waals surface area contributed by atoms with E-state index in [0.717, 1.165) is 10.2 Å². The molecule has 21 heavy (non-hydrogen) atoms. The van der Waals surface area contributed by atoms with E-state index in [1.807, 2.05) is 29.6 Å². The van der Waals surface area contributed by atoms with Crippen molar-refractivity contribution in [1.29, 1.82) is 0 Å². The number of benzene rings is 1. The van der Waals surface area contributed by atoms with Crippen molar-refractivity contribution in [3.8, 4) is 0 Å². The molecule has 0 amide bonds. The minimum atomic E-state index is -0.431. The largest absolute Gasteiger partial charge is 0.464 e. The maximum atomic E-state index is 12.4. The number of Topliss-reactive ketones (excluding diaryl/α,β-unsaturated/α-hetero) is 1. The van der Waals surface area contributed by atoms with Gasteiger partial charge in [-0.15, -0.1) is 11.3 Å². The van der Waals surface area contributed by atoms with E-state index in [2.05, 4.69) is 0 Å². The van der Waals surface area contributed by atoms with Crippen LogP contribution in [0, 0.1) is 0 Å². The van der Waals surface area contributed by atoms with Crippen LogP contribution in [-0.4, -0.2) is 23.4 Å². The number of fused-ring (bicyclic) bond motifs is 1. The summed E-state index contributed by atoms with van der Waals surface area (Å²) in [4.78, 5) is 24.2. The molecule has 0 radical (unpaired) electrons. The number of thiophene rings is 1. The first kappa shape index (κ1) is 13.6. The number of ether oxygens (including phenoxy) is 1. The van der Waals surface area contributed by atoms with Gasteiger partial charge in [-0.1, -0.05) is 30.3 Å². The Hall–Kier alpha value is -2.40. The van der Waals surface area contributed by atoms with Crippen LogP contribution in [-0.2, 0) is 11.3 Å². The molecule has 3 rings (SSSR count). The van der Waals surface area contributed by atoms with Crippen molar-refractivity contribution in [2.24, 2.45) is 0 Å². The Morgan fingerprint density at radius 2 is 1.95 bits per heavy atom. The second-order valence-corrected chi connectivity index (χ2v) is 5.51. The topological polar surface area (TPSA) is 48.3 Å². The number of carbonyl (C=O) groups is 2. The van der Waals surface area contributed by atoms with Gasteiger partial charge in [0.15, 0.2) is 5.78 Å². The molecule has 0 atom stereocenters. The SMILES string of the molecule is COC(=O)c1cc2sccc2n1CC(=O)c1ccccc1. The molecule has 0 aliphatic carbocycles. The summed E-state index contributed by atoms with van der Waals surface area (Å²) in [5.41, 5.74) is 1.92. The van der Waals surface area contributed by atoms with Crippen molar-refractivity contribution >= 4 is 33.3 Å². The fourth-order valence-electron chi connectivity index (χ4n) is 2.28. The third-order valence-corrected chi connectivity index (χ3v) is 4.17. The quantitative estimate of drug-likeness (QED) is 0.548. The van der Waals surface area contributed by atoms with E-state index < -0.39 is 5.97 Å². The van der Waals surface area contributed by atoms with E-state index in [4.69, 9.17) is 4.74 Å². The number of carbonyl (C=O) groups excluding carboxylic acids is 2. The number of methoxy groups -OCH3 is 1. The second-order valence-electron chi connectivity index (χ2n) is 4.57. The zero-order chi connectivity index (χ0) is 14.8. The van der Waals surface area contributed by atoms with E-state index in [0.29, 0.717) is 11.3 Å². The lowest BCUT2D eigenvalue weighted by Crippen LogP contribution is -2.16. The van der Waals surface area contributed by atoms with Crippen LogP contribution in [0.5, 0.6) is 0 Å². The van der Waals surface area contributed by atoms with Crippen LogP contribution in [0.15, 0.2) is 47.8 Å². The molecule has 0 bridgehead atoms. The lowest BCUT2D eigenvalue weighted by Gasteiger charge is -2.08. The lowest BCUT2D eigenvalue weighted by molar-refractivity contribution is 0.0589. The molecule has 106 valence electrons. The highest BCUT2D eigenvalue weighted by Gasteiger charge is 2.19. The molecule has 0 aliphatic rings. The fourth-order valence-corrected chi connectivity index (χ4v) is 3.10. The average Bonchev–Trinajstić information content (AvgIpc) is 3.10. The molecule has 0 aliphatic heterocycles. The first-order valence-electron chi connectivity index (χ1n) is 6.44. The Balaban J connectivity index is 2.01. The summed E-state index contributed by atoms with van der Waals surface area (Å²) in [6.45, 7) is 0.120. The van der Waals surface area contributed by atoms with Crippen LogP contribution in [0.25, 0.3) is 10.2 Å². The Labute approximate surface area is 125 Å². The maximum Gasteiger partial charge on any atom is 0.354 e. The van der Waals surface area contributed by atoms with Gasteiger partial charge in [0.05, 0.1) is 23.9 Å². The predicted octanol–water partition coefficient (Wildman–Crippen LogP) is 3.37. The number of rotatable bonds is 4. The number of ketones is 1. The van der Waals surface area contributed by atoms with E-state index in [9.17, 15) is 9.59 Å². The van der Waals surface area contributed by atoms with Crippen LogP contribution < -0.4 is 0 Å². The summed E-state index contributed by atoms with van der Waals surface area (Å²) in [6.07, 6.45) is 0. The molecule has 5 heteroatoms. The van der Waals surface area contributed by atoms with E-state index in [1.54, 1.807) is 22.8 Å². The van der Waals surface area contributed by atoms with Gasteiger partial charge in [-0.05, 0) is 17.5 Å². The van der Waals surface area contributed by atoms with E-state index in [-0.39, 0.29) is 12.3 Å². The second kappa shape index (κ2) is 5.54. The minimum Gasteiger partial charge on any atom is -0.464 e. The molecule has 3 aromatic rings. The summed E-state index contributed by atoms with van der Waals surface area (Å²) in [7, 11) is 1.34. The van der Waals surface area contributed by atoms with Crippen molar-refractivity contribution in [1.82, 2.24) is 4.57 Å². The molecule has 0 fully saturated rings. The normalized spacial score (nSPS) is 10.7. The highest BCUT2D eigenvalue weighted by atomic mass is 32.1. The van der Waals surface area contributed by atoms with Gasteiger partial charge in [0.1, 0.15) is 5.69 Å². The lowest BCUT2D eigenvalue weighted by atomic mass is 10.1. The predicted molar refractivity (Wildman–Crippen MR) is 81.9 cm³/mol. The Bertz CT molecular complexity index is 801. The number of aromatic nitrogens is 1. The Morgan fingerprint density at radius 3 is 2.67 bits per heavy atom. The summed E-state index contributed by atoms with van der Waals surface area (Å²) in [5, 5.41) is 1.94. The van der Waals surface area contributed by atoms with Gasteiger partial charge in [-0.3, -0.25) is 4.79 Å². The fraction of sp³-hybridized carbons (Fsp3) is 0.125. The molecular weight excluding hydrogens is 286 g/mol. The van der Waals surface area contributed by atoms with Gasteiger partial charge in [0.2, 0.25) is 0 Å². The van der Waals surface area contributed by atoms with Crippen LogP contribution in [0.2, 0.25) is 0 Å². The van der Waals surface area contributed by atoms with E-state index in [1.165, 1.54) is 18.4 Å². The first-order chi connectivity index (χ1) is 10.2. The minimum absolute atomic E-state index is 0.0375.